The van der Waals surface area contributed by atoms with Gasteiger partial charge in [0.25, 0.3) is 0 Å². The Bertz CT molecular complexity index is 1010. The number of carbonyl (C=O) groups excluding carboxylic acids is 2. The summed E-state index contributed by atoms with van der Waals surface area (Å²) in [5, 5.41) is 3.19. The van der Waals surface area contributed by atoms with E-state index < -0.39 is 5.54 Å². The third-order valence-electron chi connectivity index (χ3n) is 7.02. The van der Waals surface area contributed by atoms with E-state index in [9.17, 15) is 9.59 Å². The van der Waals surface area contributed by atoms with E-state index in [1.807, 2.05) is 55.1 Å². The van der Waals surface area contributed by atoms with Crippen LogP contribution in [-0.2, 0) is 9.59 Å². The molecule has 2 aliphatic rings. The predicted molar refractivity (Wildman–Crippen MR) is 124 cm³/mol. The molecule has 1 aliphatic carbocycles. The highest BCUT2D eigenvalue weighted by Crippen LogP contribution is 2.48. The number of likely N-dealkylation sites (tertiary alicyclic amines) is 1. The standard InChI is InChI=1S/C26H32N2O4/c1-17-9-8-10-18(2)24(17)27-25(30)26(13-6-5-7-14-26)28-20(16-23(28)29)19-11-12-21(31-3)22(15-19)32-4/h8-12,15,20H,5-7,13-14,16H2,1-4H3,(H,27,30)/t20-/m1/s1. The monoisotopic (exact) mass is 436 g/mol. The first-order valence-corrected chi connectivity index (χ1v) is 11.3. The van der Waals surface area contributed by atoms with Crippen molar-refractivity contribution in [1.82, 2.24) is 4.90 Å². The number of rotatable bonds is 6. The van der Waals surface area contributed by atoms with E-state index in [4.69, 9.17) is 9.47 Å². The van der Waals surface area contributed by atoms with Crippen molar-refractivity contribution in [2.24, 2.45) is 0 Å². The largest absolute Gasteiger partial charge is 0.493 e. The number of nitrogens with one attached hydrogen (secondary N) is 1. The molecule has 1 atom stereocenters. The summed E-state index contributed by atoms with van der Waals surface area (Å²) in [6, 6.07) is 11.6. The molecule has 2 aromatic carbocycles. The van der Waals surface area contributed by atoms with Crippen molar-refractivity contribution < 1.29 is 19.1 Å². The summed E-state index contributed by atoms with van der Waals surface area (Å²) in [6.45, 7) is 3.99. The zero-order valence-electron chi connectivity index (χ0n) is 19.4. The fraction of sp³-hybridized carbons (Fsp3) is 0.462. The number of para-hydroxylation sites is 1. The minimum absolute atomic E-state index is 0.0309. The molecule has 6 nitrogen and oxygen atoms in total. The summed E-state index contributed by atoms with van der Waals surface area (Å²) in [6.07, 6.45) is 4.71. The fourth-order valence-corrected chi connectivity index (χ4v) is 5.24. The molecule has 0 bridgehead atoms. The molecule has 0 unspecified atom stereocenters. The predicted octanol–water partition coefficient (Wildman–Crippen LogP) is 4.94. The van der Waals surface area contributed by atoms with Gasteiger partial charge in [0.05, 0.1) is 26.7 Å². The van der Waals surface area contributed by atoms with Crippen molar-refractivity contribution in [1.29, 1.82) is 0 Å². The van der Waals surface area contributed by atoms with Crippen molar-refractivity contribution in [3.63, 3.8) is 0 Å². The molecule has 2 aromatic rings. The van der Waals surface area contributed by atoms with E-state index in [1.165, 1.54) is 0 Å². The molecule has 1 N–H and O–H groups in total. The topological polar surface area (TPSA) is 67.9 Å². The molecular weight excluding hydrogens is 404 g/mol. The van der Waals surface area contributed by atoms with Crippen LogP contribution in [0.1, 0.15) is 61.3 Å². The Kier molecular flexibility index (Phi) is 6.13. The second-order valence-corrected chi connectivity index (χ2v) is 8.91. The van der Waals surface area contributed by atoms with Gasteiger partial charge in [-0.2, -0.15) is 0 Å². The molecule has 2 amide bonds. The Morgan fingerprint density at radius 1 is 1.00 bits per heavy atom. The second-order valence-electron chi connectivity index (χ2n) is 8.91. The van der Waals surface area contributed by atoms with Crippen LogP contribution < -0.4 is 14.8 Å². The molecule has 1 heterocycles. The lowest BCUT2D eigenvalue weighted by Crippen LogP contribution is -2.65. The van der Waals surface area contributed by atoms with Gasteiger partial charge in [0.1, 0.15) is 5.54 Å². The summed E-state index contributed by atoms with van der Waals surface area (Å²) >= 11 is 0. The number of carbonyl (C=O) groups is 2. The molecule has 2 fully saturated rings. The first-order chi connectivity index (χ1) is 15.4. The number of benzene rings is 2. The third kappa shape index (κ3) is 3.72. The maximum absolute atomic E-state index is 13.8. The van der Waals surface area contributed by atoms with Crippen molar-refractivity contribution in [2.75, 3.05) is 19.5 Å². The molecule has 32 heavy (non-hydrogen) atoms. The Hall–Kier alpha value is -3.02. The first kappa shape index (κ1) is 22.2. The number of ether oxygens (including phenoxy) is 2. The van der Waals surface area contributed by atoms with Crippen LogP contribution in [0.25, 0.3) is 0 Å². The van der Waals surface area contributed by atoms with Crippen LogP contribution in [0.2, 0.25) is 0 Å². The SMILES string of the molecule is COc1ccc([C@H]2CC(=O)N2C2(C(=O)Nc3c(C)cccc3C)CCCCC2)cc1OC. The number of nitrogens with zero attached hydrogens (tertiary/aromatic N) is 1. The van der Waals surface area contributed by atoms with E-state index in [0.29, 0.717) is 30.8 Å². The van der Waals surface area contributed by atoms with E-state index >= 15 is 0 Å². The lowest BCUT2D eigenvalue weighted by atomic mass is 9.74. The summed E-state index contributed by atoms with van der Waals surface area (Å²) < 4.78 is 10.8. The molecule has 0 aromatic heterocycles. The Morgan fingerprint density at radius 3 is 2.25 bits per heavy atom. The van der Waals surface area contributed by atoms with E-state index in [-0.39, 0.29) is 17.9 Å². The molecular formula is C26H32N2O4. The van der Waals surface area contributed by atoms with Gasteiger partial charge in [-0.3, -0.25) is 9.59 Å². The molecule has 1 saturated heterocycles. The highest BCUT2D eigenvalue weighted by molar-refractivity contribution is 6.03. The summed E-state index contributed by atoms with van der Waals surface area (Å²) in [5.41, 5.74) is 3.02. The number of amides is 2. The highest BCUT2D eigenvalue weighted by atomic mass is 16.5. The van der Waals surface area contributed by atoms with E-state index in [0.717, 1.165) is 41.6 Å². The van der Waals surface area contributed by atoms with E-state index in [1.54, 1.807) is 14.2 Å². The molecule has 4 rings (SSSR count). The molecule has 6 heteroatoms. The van der Waals surface area contributed by atoms with Gasteiger partial charge in [-0.25, -0.2) is 0 Å². The van der Waals surface area contributed by atoms with Crippen molar-refractivity contribution in [3.8, 4) is 11.5 Å². The van der Waals surface area contributed by atoms with Crippen molar-refractivity contribution in [2.45, 2.75) is 64.0 Å². The summed E-state index contributed by atoms with van der Waals surface area (Å²) in [7, 11) is 3.21. The van der Waals surface area contributed by atoms with Crippen molar-refractivity contribution in [3.05, 3.63) is 53.1 Å². The van der Waals surface area contributed by atoms with Crippen LogP contribution in [0.3, 0.4) is 0 Å². The van der Waals surface area contributed by atoms with Gasteiger partial charge in [0.2, 0.25) is 11.8 Å². The van der Waals surface area contributed by atoms with Crippen LogP contribution in [-0.4, -0.2) is 36.5 Å². The van der Waals surface area contributed by atoms with Crippen LogP contribution in [0.4, 0.5) is 5.69 Å². The maximum Gasteiger partial charge on any atom is 0.250 e. The molecule has 1 aliphatic heterocycles. The zero-order chi connectivity index (χ0) is 22.9. The van der Waals surface area contributed by atoms with Gasteiger partial charge in [-0.05, 0) is 55.5 Å². The van der Waals surface area contributed by atoms with Crippen LogP contribution in [0.5, 0.6) is 11.5 Å². The maximum atomic E-state index is 13.8. The average Bonchev–Trinajstić information content (AvgIpc) is 2.79. The van der Waals surface area contributed by atoms with Crippen LogP contribution in [0.15, 0.2) is 36.4 Å². The minimum atomic E-state index is -0.833. The van der Waals surface area contributed by atoms with Gasteiger partial charge in [-0.1, -0.05) is 43.5 Å². The number of hydrogen-bond donors (Lipinski definition) is 1. The molecule has 170 valence electrons. The lowest BCUT2D eigenvalue weighted by molar-refractivity contribution is -0.166. The quantitative estimate of drug-likeness (QED) is 0.652. The van der Waals surface area contributed by atoms with Gasteiger partial charge in [-0.15, -0.1) is 0 Å². The Balaban J connectivity index is 1.69. The average molecular weight is 437 g/mol. The lowest BCUT2D eigenvalue weighted by Gasteiger charge is -2.54. The molecule has 0 radical (unpaired) electrons. The number of anilines is 1. The second kappa shape index (κ2) is 8.85. The van der Waals surface area contributed by atoms with Crippen molar-refractivity contribution >= 4 is 17.5 Å². The Morgan fingerprint density at radius 2 is 1.66 bits per heavy atom. The smallest absolute Gasteiger partial charge is 0.250 e. The van der Waals surface area contributed by atoms with Gasteiger partial charge >= 0.3 is 0 Å². The Labute approximate surface area is 189 Å². The fourth-order valence-electron chi connectivity index (χ4n) is 5.24. The number of aryl methyl sites for hydroxylation is 2. The molecule has 1 saturated carbocycles. The summed E-state index contributed by atoms with van der Waals surface area (Å²) in [4.78, 5) is 28.6. The first-order valence-electron chi connectivity index (χ1n) is 11.3. The van der Waals surface area contributed by atoms with Crippen LogP contribution in [0, 0.1) is 13.8 Å². The zero-order valence-corrected chi connectivity index (χ0v) is 19.4. The van der Waals surface area contributed by atoms with Gasteiger partial charge in [0, 0.05) is 5.69 Å². The highest BCUT2D eigenvalue weighted by Gasteiger charge is 2.55. The normalized spacial score (nSPS) is 19.8. The van der Waals surface area contributed by atoms with E-state index in [2.05, 4.69) is 5.32 Å². The minimum Gasteiger partial charge on any atom is -0.493 e. The van der Waals surface area contributed by atoms with Gasteiger partial charge < -0.3 is 19.7 Å². The third-order valence-corrected chi connectivity index (χ3v) is 7.02. The molecule has 0 spiro atoms. The number of methoxy groups -OCH3 is 2. The number of hydrogen-bond acceptors (Lipinski definition) is 4. The van der Waals surface area contributed by atoms with Crippen LogP contribution >= 0.6 is 0 Å². The number of β-lactam (4-membered cyclic amide) rings is 1. The van der Waals surface area contributed by atoms with Gasteiger partial charge in [0.15, 0.2) is 11.5 Å². The summed E-state index contributed by atoms with van der Waals surface area (Å²) in [5.74, 6) is 1.23.